The number of hydrogen-bond acceptors (Lipinski definition) is 3. The third-order valence-electron chi connectivity index (χ3n) is 2.76. The fraction of sp³-hybridized carbons (Fsp3) is 0.357. The summed E-state index contributed by atoms with van der Waals surface area (Å²) in [5.41, 5.74) is 2.08. The summed E-state index contributed by atoms with van der Waals surface area (Å²) >= 11 is 0. The van der Waals surface area contributed by atoms with Crippen LogP contribution in [0.4, 0.5) is 0 Å². The van der Waals surface area contributed by atoms with Crippen molar-refractivity contribution < 1.29 is 9.84 Å². The summed E-state index contributed by atoms with van der Waals surface area (Å²) in [6, 6.07) is 10.1. The zero-order valence-corrected chi connectivity index (χ0v) is 9.97. The molecule has 0 radical (unpaired) electrons. The molecule has 0 aliphatic heterocycles. The summed E-state index contributed by atoms with van der Waals surface area (Å²) in [5, 5.41) is 10.1. The van der Waals surface area contributed by atoms with E-state index in [0.29, 0.717) is 13.0 Å². The van der Waals surface area contributed by atoms with Gasteiger partial charge in [0.05, 0.1) is 11.6 Å². The first-order valence-corrected chi connectivity index (χ1v) is 5.92. The molecule has 2 aromatic rings. The van der Waals surface area contributed by atoms with Gasteiger partial charge in [0.25, 0.3) is 0 Å². The number of benzene rings is 1. The first-order valence-electron chi connectivity index (χ1n) is 5.92. The Hall–Kier alpha value is -1.45. The van der Waals surface area contributed by atoms with Crippen molar-refractivity contribution in [1.82, 2.24) is 4.98 Å². The number of rotatable bonds is 5. The van der Waals surface area contributed by atoms with Crippen LogP contribution in [-0.4, -0.2) is 23.3 Å². The van der Waals surface area contributed by atoms with E-state index in [4.69, 9.17) is 9.84 Å². The average Bonchev–Trinajstić information content (AvgIpc) is 2.38. The highest BCUT2D eigenvalue weighted by molar-refractivity contribution is 5.79. The minimum absolute atomic E-state index is 0.0328. The zero-order valence-electron chi connectivity index (χ0n) is 9.97. The van der Waals surface area contributed by atoms with Gasteiger partial charge in [0.15, 0.2) is 0 Å². The van der Waals surface area contributed by atoms with Crippen LogP contribution in [0.25, 0.3) is 10.9 Å². The minimum Gasteiger partial charge on any atom is -0.396 e. The topological polar surface area (TPSA) is 42.4 Å². The van der Waals surface area contributed by atoms with Crippen LogP contribution in [0.1, 0.15) is 25.0 Å². The van der Waals surface area contributed by atoms with E-state index in [1.807, 2.05) is 31.2 Å². The molecule has 1 aromatic carbocycles. The lowest BCUT2D eigenvalue weighted by Crippen LogP contribution is -2.06. The number of pyridine rings is 1. The van der Waals surface area contributed by atoms with E-state index in [1.165, 1.54) is 0 Å². The lowest BCUT2D eigenvalue weighted by atomic mass is 10.0. The van der Waals surface area contributed by atoms with Crippen molar-refractivity contribution in [2.75, 3.05) is 13.2 Å². The molecule has 1 heterocycles. The second-order valence-electron chi connectivity index (χ2n) is 3.91. The predicted molar refractivity (Wildman–Crippen MR) is 67.8 cm³/mol. The first-order chi connectivity index (χ1) is 8.35. The molecule has 1 atom stereocenters. The summed E-state index contributed by atoms with van der Waals surface area (Å²) < 4.78 is 5.64. The van der Waals surface area contributed by atoms with Crippen LogP contribution in [0.2, 0.25) is 0 Å². The normalized spacial score (nSPS) is 12.8. The summed E-state index contributed by atoms with van der Waals surface area (Å²) in [6.07, 6.45) is 2.38. The van der Waals surface area contributed by atoms with Crippen molar-refractivity contribution in [2.45, 2.75) is 19.4 Å². The smallest absolute Gasteiger partial charge is 0.0846 e. The van der Waals surface area contributed by atoms with Crippen molar-refractivity contribution in [3.05, 3.63) is 42.1 Å². The molecule has 17 heavy (non-hydrogen) atoms. The Bertz CT molecular complexity index is 478. The molecule has 3 heteroatoms. The van der Waals surface area contributed by atoms with Crippen molar-refractivity contribution in [2.24, 2.45) is 0 Å². The number of aliphatic hydroxyl groups excluding tert-OH is 1. The molecule has 1 unspecified atom stereocenters. The Morgan fingerprint density at radius 3 is 3.00 bits per heavy atom. The summed E-state index contributed by atoms with van der Waals surface area (Å²) in [4.78, 5) is 4.28. The quantitative estimate of drug-likeness (QED) is 0.860. The first kappa shape index (κ1) is 12.0. The number of hydrogen-bond donors (Lipinski definition) is 1. The van der Waals surface area contributed by atoms with Gasteiger partial charge in [0.1, 0.15) is 0 Å². The number of fused-ring (bicyclic) bond motifs is 1. The van der Waals surface area contributed by atoms with Gasteiger partial charge in [0.2, 0.25) is 0 Å². The van der Waals surface area contributed by atoms with Crippen molar-refractivity contribution in [3.8, 4) is 0 Å². The van der Waals surface area contributed by atoms with E-state index < -0.39 is 0 Å². The molecule has 0 saturated heterocycles. The highest BCUT2D eigenvalue weighted by Crippen LogP contribution is 2.24. The van der Waals surface area contributed by atoms with Gasteiger partial charge in [-0.2, -0.15) is 0 Å². The lowest BCUT2D eigenvalue weighted by molar-refractivity contribution is 0.0433. The molecule has 0 amide bonds. The van der Waals surface area contributed by atoms with Gasteiger partial charge >= 0.3 is 0 Å². The van der Waals surface area contributed by atoms with Crippen LogP contribution in [0, 0.1) is 0 Å². The maximum atomic E-state index is 9.05. The van der Waals surface area contributed by atoms with Gasteiger partial charge in [0, 0.05) is 31.2 Å². The fourth-order valence-corrected chi connectivity index (χ4v) is 1.96. The Kier molecular flexibility index (Phi) is 4.07. The van der Waals surface area contributed by atoms with E-state index in [9.17, 15) is 0 Å². The minimum atomic E-state index is -0.0328. The van der Waals surface area contributed by atoms with Gasteiger partial charge in [-0.05, 0) is 30.7 Å². The standard InChI is InChI=1S/C14H17NO2/c1-2-17-14(7-9-16)12-5-6-13-11(10-12)4-3-8-15-13/h3-6,8,10,14,16H,2,7,9H2,1H3. The Morgan fingerprint density at radius 2 is 2.24 bits per heavy atom. The number of aromatic nitrogens is 1. The summed E-state index contributed by atoms with van der Waals surface area (Å²) in [7, 11) is 0. The van der Waals surface area contributed by atoms with Gasteiger partial charge in [-0.3, -0.25) is 4.98 Å². The highest BCUT2D eigenvalue weighted by atomic mass is 16.5. The Morgan fingerprint density at radius 1 is 1.35 bits per heavy atom. The molecule has 2 rings (SSSR count). The predicted octanol–water partition coefficient (Wildman–Crippen LogP) is 2.69. The van der Waals surface area contributed by atoms with Gasteiger partial charge in [-0.25, -0.2) is 0 Å². The maximum Gasteiger partial charge on any atom is 0.0846 e. The summed E-state index contributed by atoms with van der Waals surface area (Å²) in [5.74, 6) is 0. The molecule has 0 aliphatic rings. The van der Waals surface area contributed by atoms with Crippen molar-refractivity contribution in [1.29, 1.82) is 0 Å². The number of nitrogens with zero attached hydrogens (tertiary/aromatic N) is 1. The summed E-state index contributed by atoms with van der Waals surface area (Å²) in [6.45, 7) is 2.75. The number of ether oxygens (including phenoxy) is 1. The van der Waals surface area contributed by atoms with E-state index >= 15 is 0 Å². The van der Waals surface area contributed by atoms with E-state index in [-0.39, 0.29) is 12.7 Å². The second kappa shape index (κ2) is 5.75. The van der Waals surface area contributed by atoms with E-state index in [1.54, 1.807) is 6.20 Å². The average molecular weight is 231 g/mol. The monoisotopic (exact) mass is 231 g/mol. The molecule has 90 valence electrons. The maximum absolute atomic E-state index is 9.05. The Balaban J connectivity index is 2.32. The molecule has 1 N–H and O–H groups in total. The molecule has 3 nitrogen and oxygen atoms in total. The van der Waals surface area contributed by atoms with Crippen LogP contribution >= 0.6 is 0 Å². The molecular weight excluding hydrogens is 214 g/mol. The van der Waals surface area contributed by atoms with Gasteiger partial charge < -0.3 is 9.84 Å². The largest absolute Gasteiger partial charge is 0.396 e. The van der Waals surface area contributed by atoms with Gasteiger partial charge in [-0.15, -0.1) is 0 Å². The van der Waals surface area contributed by atoms with E-state index in [0.717, 1.165) is 16.5 Å². The highest BCUT2D eigenvalue weighted by Gasteiger charge is 2.11. The zero-order chi connectivity index (χ0) is 12.1. The molecule has 0 saturated carbocycles. The van der Waals surface area contributed by atoms with Crippen LogP contribution in [0.5, 0.6) is 0 Å². The van der Waals surface area contributed by atoms with Crippen molar-refractivity contribution >= 4 is 10.9 Å². The molecule has 1 aromatic heterocycles. The van der Waals surface area contributed by atoms with Crippen LogP contribution in [0.15, 0.2) is 36.5 Å². The Labute approximate surface area is 101 Å². The lowest BCUT2D eigenvalue weighted by Gasteiger charge is -2.16. The molecular formula is C14H17NO2. The van der Waals surface area contributed by atoms with E-state index in [2.05, 4.69) is 11.1 Å². The fourth-order valence-electron chi connectivity index (χ4n) is 1.96. The van der Waals surface area contributed by atoms with Crippen LogP contribution in [0.3, 0.4) is 0 Å². The molecule has 0 bridgehead atoms. The molecule has 0 spiro atoms. The van der Waals surface area contributed by atoms with Crippen LogP contribution in [-0.2, 0) is 4.74 Å². The third kappa shape index (κ3) is 2.81. The second-order valence-corrected chi connectivity index (χ2v) is 3.91. The number of aliphatic hydroxyl groups is 1. The van der Waals surface area contributed by atoms with Gasteiger partial charge in [-0.1, -0.05) is 12.1 Å². The SMILES string of the molecule is CCOC(CCO)c1ccc2ncccc2c1. The molecule has 0 aliphatic carbocycles. The molecule has 0 fully saturated rings. The van der Waals surface area contributed by atoms with Crippen molar-refractivity contribution in [3.63, 3.8) is 0 Å². The third-order valence-corrected chi connectivity index (χ3v) is 2.76. The van der Waals surface area contributed by atoms with Crippen LogP contribution < -0.4 is 0 Å².